The smallest absolute Gasteiger partial charge is 0.157 e. The van der Waals surface area contributed by atoms with Crippen LogP contribution < -0.4 is 5.32 Å². The molecule has 1 aliphatic carbocycles. The van der Waals surface area contributed by atoms with E-state index in [1.54, 1.807) is 0 Å². The third-order valence-electron chi connectivity index (χ3n) is 3.52. The maximum atomic E-state index is 4.80. The van der Waals surface area contributed by atoms with Gasteiger partial charge in [-0.3, -0.25) is 4.99 Å². The predicted octanol–water partition coefficient (Wildman–Crippen LogP) is 2.89. The summed E-state index contributed by atoms with van der Waals surface area (Å²) in [4.78, 5) is 4.80. The molecule has 0 aromatic carbocycles. The number of hydrogen-bond donors (Lipinski definition) is 1. The first-order valence-corrected chi connectivity index (χ1v) is 7.16. The van der Waals surface area contributed by atoms with E-state index < -0.39 is 0 Å². The van der Waals surface area contributed by atoms with E-state index >= 15 is 0 Å². The van der Waals surface area contributed by atoms with Crippen molar-refractivity contribution < 1.29 is 0 Å². The lowest BCUT2D eigenvalue weighted by Crippen LogP contribution is -2.41. The second-order valence-corrected chi connectivity index (χ2v) is 6.02. The van der Waals surface area contributed by atoms with Crippen LogP contribution in [-0.2, 0) is 0 Å². The molecule has 1 N–H and O–H groups in total. The Labute approximate surface area is 97.3 Å². The van der Waals surface area contributed by atoms with E-state index in [1.165, 1.54) is 30.2 Å². The summed E-state index contributed by atoms with van der Waals surface area (Å²) < 4.78 is 0. The molecule has 0 radical (unpaired) electrons. The molecule has 2 fully saturated rings. The quantitative estimate of drug-likeness (QED) is 0.800. The molecule has 4 atom stereocenters. The average molecular weight is 226 g/mol. The Bertz CT molecular complexity index is 252. The summed E-state index contributed by atoms with van der Waals surface area (Å²) in [5, 5.41) is 4.71. The van der Waals surface area contributed by atoms with Gasteiger partial charge >= 0.3 is 0 Å². The molecule has 3 heteroatoms. The molecule has 2 aliphatic rings. The second-order valence-electron chi connectivity index (χ2n) is 5.01. The third kappa shape index (κ3) is 2.90. The van der Waals surface area contributed by atoms with E-state index in [4.69, 9.17) is 4.99 Å². The van der Waals surface area contributed by atoms with Crippen LogP contribution in [0, 0.1) is 11.8 Å². The predicted molar refractivity (Wildman–Crippen MR) is 68.5 cm³/mol. The van der Waals surface area contributed by atoms with Crippen LogP contribution in [0.5, 0.6) is 0 Å². The number of rotatable bonds is 3. The molecule has 0 spiro atoms. The van der Waals surface area contributed by atoms with Crippen LogP contribution in [0.2, 0.25) is 0 Å². The highest BCUT2D eigenvalue weighted by Gasteiger charge is 2.36. The Balaban J connectivity index is 1.82. The summed E-state index contributed by atoms with van der Waals surface area (Å²) in [6.45, 7) is 6.83. The van der Waals surface area contributed by atoms with Gasteiger partial charge in [0.2, 0.25) is 0 Å². The molecule has 2 rings (SSSR count). The van der Waals surface area contributed by atoms with Crippen LogP contribution in [0.4, 0.5) is 0 Å². The fourth-order valence-electron chi connectivity index (χ4n) is 2.03. The van der Waals surface area contributed by atoms with Crippen molar-refractivity contribution in [1.82, 2.24) is 5.32 Å². The summed E-state index contributed by atoms with van der Waals surface area (Å²) in [5.41, 5.74) is 0. The van der Waals surface area contributed by atoms with Crippen LogP contribution >= 0.6 is 11.8 Å². The minimum absolute atomic E-state index is 0.591. The largest absolute Gasteiger partial charge is 0.362 e. The van der Waals surface area contributed by atoms with Crippen molar-refractivity contribution >= 4 is 16.9 Å². The topological polar surface area (TPSA) is 24.4 Å². The Kier molecular flexibility index (Phi) is 3.60. The van der Waals surface area contributed by atoms with Crippen molar-refractivity contribution in [1.29, 1.82) is 0 Å². The number of nitrogens with one attached hydrogen (secondary N) is 1. The number of aliphatic imine (C=N–C) groups is 1. The van der Waals surface area contributed by atoms with Crippen molar-refractivity contribution in [2.24, 2.45) is 16.8 Å². The maximum Gasteiger partial charge on any atom is 0.157 e. The first-order valence-electron chi connectivity index (χ1n) is 6.17. The van der Waals surface area contributed by atoms with Crippen molar-refractivity contribution in [3.05, 3.63) is 0 Å². The van der Waals surface area contributed by atoms with Gasteiger partial charge in [0, 0.05) is 11.8 Å². The van der Waals surface area contributed by atoms with Gasteiger partial charge in [-0.05, 0) is 31.6 Å². The number of nitrogens with zero attached hydrogens (tertiary/aromatic N) is 1. The number of hydrogen-bond acceptors (Lipinski definition) is 2. The maximum absolute atomic E-state index is 4.80. The highest BCUT2D eigenvalue weighted by atomic mass is 32.2. The minimum atomic E-state index is 0.591. The summed E-state index contributed by atoms with van der Waals surface area (Å²) in [7, 11) is 0. The van der Waals surface area contributed by atoms with E-state index in [-0.39, 0.29) is 0 Å². The van der Waals surface area contributed by atoms with Gasteiger partial charge in [-0.15, -0.1) is 0 Å². The molecule has 0 aromatic rings. The highest BCUT2D eigenvalue weighted by molar-refractivity contribution is 8.13. The molecule has 0 bridgehead atoms. The van der Waals surface area contributed by atoms with Crippen LogP contribution in [-0.4, -0.2) is 23.0 Å². The second kappa shape index (κ2) is 4.77. The number of amidine groups is 1. The fourth-order valence-corrected chi connectivity index (χ4v) is 3.22. The first-order chi connectivity index (χ1) is 7.20. The van der Waals surface area contributed by atoms with Gasteiger partial charge in [0.1, 0.15) is 0 Å². The van der Waals surface area contributed by atoms with Crippen LogP contribution in [0.3, 0.4) is 0 Å². The lowest BCUT2D eigenvalue weighted by atomic mass is 10.1. The van der Waals surface area contributed by atoms with Gasteiger partial charge in [0.05, 0.1) is 6.04 Å². The van der Waals surface area contributed by atoms with Gasteiger partial charge in [0.25, 0.3) is 0 Å². The normalized spacial score (nSPS) is 42.7. The average Bonchev–Trinajstić information content (AvgIpc) is 2.91. The molecule has 15 heavy (non-hydrogen) atoms. The van der Waals surface area contributed by atoms with Gasteiger partial charge in [-0.1, -0.05) is 32.0 Å². The Morgan fingerprint density at radius 2 is 2.27 bits per heavy atom. The van der Waals surface area contributed by atoms with E-state index in [9.17, 15) is 0 Å². The monoisotopic (exact) mass is 226 g/mol. The molecule has 86 valence electrons. The van der Waals surface area contributed by atoms with Gasteiger partial charge in [0.15, 0.2) is 5.17 Å². The standard InChI is InChI=1S/C12H22N2S/c1-4-5-10-6-11(10)14-12-13-9(3)8(2)7-15-12/h8-11H,4-7H2,1-3H3,(H,13,14). The summed E-state index contributed by atoms with van der Waals surface area (Å²) in [6, 6.07) is 1.23. The van der Waals surface area contributed by atoms with Crippen LogP contribution in [0.1, 0.15) is 40.0 Å². The van der Waals surface area contributed by atoms with Gasteiger partial charge < -0.3 is 5.32 Å². The van der Waals surface area contributed by atoms with Crippen molar-refractivity contribution in [3.63, 3.8) is 0 Å². The molecule has 1 heterocycles. The molecule has 0 amide bonds. The number of thioether (sulfide) groups is 1. The van der Waals surface area contributed by atoms with Gasteiger partial charge in [-0.25, -0.2) is 0 Å². The Morgan fingerprint density at radius 3 is 2.93 bits per heavy atom. The van der Waals surface area contributed by atoms with Crippen LogP contribution in [0.15, 0.2) is 4.99 Å². The fraction of sp³-hybridized carbons (Fsp3) is 0.917. The Morgan fingerprint density at radius 1 is 1.47 bits per heavy atom. The first kappa shape index (κ1) is 11.3. The zero-order chi connectivity index (χ0) is 10.8. The molecule has 1 aliphatic heterocycles. The summed E-state index contributed by atoms with van der Waals surface area (Å²) in [6.07, 6.45) is 3.99. The third-order valence-corrected chi connectivity index (χ3v) is 4.70. The Hall–Kier alpha value is -0.180. The minimum Gasteiger partial charge on any atom is -0.362 e. The van der Waals surface area contributed by atoms with E-state index in [0.717, 1.165) is 11.8 Å². The highest BCUT2D eigenvalue weighted by Crippen LogP contribution is 2.38. The molecule has 4 unspecified atom stereocenters. The van der Waals surface area contributed by atoms with Crippen LogP contribution in [0.25, 0.3) is 0 Å². The van der Waals surface area contributed by atoms with E-state index in [2.05, 4.69) is 26.1 Å². The zero-order valence-corrected chi connectivity index (χ0v) is 10.8. The summed E-state index contributed by atoms with van der Waals surface area (Å²) in [5.74, 6) is 2.87. The van der Waals surface area contributed by atoms with Crippen molar-refractivity contribution in [2.45, 2.75) is 52.1 Å². The van der Waals surface area contributed by atoms with Crippen molar-refractivity contribution in [3.8, 4) is 0 Å². The molecular weight excluding hydrogens is 204 g/mol. The van der Waals surface area contributed by atoms with E-state index in [1.807, 2.05) is 11.8 Å². The lowest BCUT2D eigenvalue weighted by molar-refractivity contribution is 0.489. The van der Waals surface area contributed by atoms with E-state index in [0.29, 0.717) is 12.1 Å². The van der Waals surface area contributed by atoms with Gasteiger partial charge in [-0.2, -0.15) is 0 Å². The lowest BCUT2D eigenvalue weighted by Gasteiger charge is -2.28. The molecule has 1 saturated carbocycles. The molecule has 2 nitrogen and oxygen atoms in total. The molecule has 0 aromatic heterocycles. The molecular formula is C12H22N2S. The molecule has 1 saturated heterocycles. The zero-order valence-electron chi connectivity index (χ0n) is 9.99. The van der Waals surface area contributed by atoms with Crippen molar-refractivity contribution in [2.75, 3.05) is 5.75 Å². The summed E-state index contributed by atoms with van der Waals surface area (Å²) >= 11 is 1.90. The SMILES string of the molecule is CCCC1CC1N=C1NC(C)C(C)CS1.